The standard InChI is InChI=1S/C13H11F3N2O4/c1-18-9(5-8(17-18)12(20)21)6-3-4-7(13(14,15)16)11(22-2)10(6)19/h3-5,19H,1-2H3,(H,20,21). The fourth-order valence-corrected chi connectivity index (χ4v) is 2.03. The van der Waals surface area contributed by atoms with E-state index in [0.29, 0.717) is 0 Å². The van der Waals surface area contributed by atoms with Crippen molar-refractivity contribution in [1.29, 1.82) is 0 Å². The van der Waals surface area contributed by atoms with E-state index in [2.05, 4.69) is 9.84 Å². The Kier molecular flexibility index (Phi) is 3.74. The molecule has 2 rings (SSSR count). The molecule has 0 fully saturated rings. The van der Waals surface area contributed by atoms with Crippen molar-refractivity contribution in [2.45, 2.75) is 6.18 Å². The third-order valence-corrected chi connectivity index (χ3v) is 3.02. The summed E-state index contributed by atoms with van der Waals surface area (Å²) in [6.45, 7) is 0. The summed E-state index contributed by atoms with van der Waals surface area (Å²) >= 11 is 0. The summed E-state index contributed by atoms with van der Waals surface area (Å²) in [5, 5.41) is 22.6. The van der Waals surface area contributed by atoms with E-state index < -0.39 is 29.2 Å². The molecule has 0 radical (unpaired) electrons. The molecule has 0 saturated carbocycles. The first-order valence-electron chi connectivity index (χ1n) is 5.91. The summed E-state index contributed by atoms with van der Waals surface area (Å²) in [6.07, 6.45) is -4.69. The summed E-state index contributed by atoms with van der Waals surface area (Å²) in [6, 6.07) is 2.93. The molecule has 2 N–H and O–H groups in total. The Morgan fingerprint density at radius 3 is 2.45 bits per heavy atom. The van der Waals surface area contributed by atoms with Gasteiger partial charge in [-0.3, -0.25) is 4.68 Å². The van der Waals surface area contributed by atoms with Crippen LogP contribution in [-0.4, -0.2) is 33.1 Å². The van der Waals surface area contributed by atoms with Crippen molar-refractivity contribution in [1.82, 2.24) is 9.78 Å². The molecule has 2 aromatic rings. The number of benzene rings is 1. The van der Waals surface area contributed by atoms with Gasteiger partial charge in [0, 0.05) is 12.6 Å². The number of ether oxygens (including phenoxy) is 1. The van der Waals surface area contributed by atoms with Gasteiger partial charge in [0.15, 0.2) is 17.2 Å². The number of carboxylic acid groups (broad SMARTS) is 1. The van der Waals surface area contributed by atoms with Crippen LogP contribution in [0.2, 0.25) is 0 Å². The molecule has 0 aliphatic heterocycles. The number of aromatic hydroxyl groups is 1. The number of aromatic carboxylic acids is 1. The van der Waals surface area contributed by atoms with E-state index in [1.807, 2.05) is 0 Å². The lowest BCUT2D eigenvalue weighted by Gasteiger charge is -2.15. The molecule has 0 spiro atoms. The minimum Gasteiger partial charge on any atom is -0.504 e. The van der Waals surface area contributed by atoms with Gasteiger partial charge in [-0.25, -0.2) is 4.79 Å². The van der Waals surface area contributed by atoms with Gasteiger partial charge in [-0.05, 0) is 18.2 Å². The fraction of sp³-hybridized carbons (Fsp3) is 0.231. The maximum Gasteiger partial charge on any atom is 0.420 e. The number of phenolic OH excluding ortho intramolecular Hbond substituents is 1. The molecule has 22 heavy (non-hydrogen) atoms. The van der Waals surface area contributed by atoms with Gasteiger partial charge in [0.1, 0.15) is 5.56 Å². The average molecular weight is 316 g/mol. The van der Waals surface area contributed by atoms with Crippen LogP contribution < -0.4 is 4.74 Å². The minimum atomic E-state index is -4.69. The van der Waals surface area contributed by atoms with Crippen molar-refractivity contribution in [3.8, 4) is 22.8 Å². The SMILES string of the molecule is COc1c(C(F)(F)F)ccc(-c2cc(C(=O)O)nn2C)c1O. The molecule has 1 aromatic carbocycles. The Bertz CT molecular complexity index is 738. The minimum absolute atomic E-state index is 0.0210. The molecule has 0 aliphatic carbocycles. The number of aryl methyl sites for hydroxylation is 1. The Hall–Kier alpha value is -2.71. The number of carbonyl (C=O) groups is 1. The quantitative estimate of drug-likeness (QED) is 0.909. The third kappa shape index (κ3) is 2.57. The Labute approximate surface area is 122 Å². The topological polar surface area (TPSA) is 84.6 Å². The highest BCUT2D eigenvalue weighted by Gasteiger charge is 2.36. The van der Waals surface area contributed by atoms with Crippen LogP contribution in [-0.2, 0) is 13.2 Å². The van der Waals surface area contributed by atoms with Crippen LogP contribution >= 0.6 is 0 Å². The van der Waals surface area contributed by atoms with E-state index in [1.54, 1.807) is 0 Å². The highest BCUT2D eigenvalue weighted by atomic mass is 19.4. The lowest BCUT2D eigenvalue weighted by Crippen LogP contribution is -2.08. The summed E-state index contributed by atoms with van der Waals surface area (Å²) in [7, 11) is 2.41. The van der Waals surface area contributed by atoms with Crippen molar-refractivity contribution in [3.63, 3.8) is 0 Å². The molecule has 0 amide bonds. The number of carboxylic acids is 1. The summed E-state index contributed by atoms with van der Waals surface area (Å²) in [5.41, 5.74) is -1.30. The zero-order valence-corrected chi connectivity index (χ0v) is 11.5. The van der Waals surface area contributed by atoms with E-state index in [4.69, 9.17) is 5.11 Å². The lowest BCUT2D eigenvalue weighted by atomic mass is 10.0. The molecule has 0 atom stereocenters. The average Bonchev–Trinajstić information content (AvgIpc) is 2.79. The molecule has 118 valence electrons. The van der Waals surface area contributed by atoms with E-state index >= 15 is 0 Å². The Balaban J connectivity index is 2.66. The Morgan fingerprint density at radius 2 is 2.00 bits per heavy atom. The predicted molar refractivity (Wildman–Crippen MR) is 68.8 cm³/mol. The Morgan fingerprint density at radius 1 is 1.36 bits per heavy atom. The van der Waals surface area contributed by atoms with Crippen molar-refractivity contribution >= 4 is 5.97 Å². The van der Waals surface area contributed by atoms with Crippen molar-refractivity contribution in [2.24, 2.45) is 7.05 Å². The largest absolute Gasteiger partial charge is 0.504 e. The summed E-state index contributed by atoms with van der Waals surface area (Å²) in [5.74, 6) is -2.76. The maximum atomic E-state index is 12.9. The first-order valence-corrected chi connectivity index (χ1v) is 5.91. The van der Waals surface area contributed by atoms with Gasteiger partial charge < -0.3 is 14.9 Å². The van der Waals surface area contributed by atoms with Crippen LogP contribution in [0.1, 0.15) is 16.1 Å². The van der Waals surface area contributed by atoms with Crippen molar-refractivity contribution in [2.75, 3.05) is 7.11 Å². The van der Waals surface area contributed by atoms with Crippen LogP contribution in [0.4, 0.5) is 13.2 Å². The molecule has 0 saturated heterocycles. The molecule has 1 heterocycles. The van der Waals surface area contributed by atoms with Crippen LogP contribution in [0.3, 0.4) is 0 Å². The third-order valence-electron chi connectivity index (χ3n) is 3.02. The first kappa shape index (κ1) is 15.7. The lowest BCUT2D eigenvalue weighted by molar-refractivity contribution is -0.138. The van der Waals surface area contributed by atoms with Crippen molar-refractivity contribution in [3.05, 3.63) is 29.5 Å². The second kappa shape index (κ2) is 5.24. The number of hydrogen-bond acceptors (Lipinski definition) is 4. The van der Waals surface area contributed by atoms with Crippen LogP contribution in [0, 0.1) is 0 Å². The summed E-state index contributed by atoms with van der Waals surface area (Å²) < 4.78 is 44.3. The molecule has 0 aliphatic rings. The molecule has 0 unspecified atom stereocenters. The molecule has 1 aromatic heterocycles. The van der Waals surface area contributed by atoms with E-state index in [1.165, 1.54) is 7.05 Å². The van der Waals surface area contributed by atoms with E-state index in [0.717, 1.165) is 30.0 Å². The number of rotatable bonds is 3. The summed E-state index contributed by atoms with van der Waals surface area (Å²) in [4.78, 5) is 10.9. The monoisotopic (exact) mass is 316 g/mol. The number of alkyl halides is 3. The number of aromatic nitrogens is 2. The smallest absolute Gasteiger partial charge is 0.420 e. The number of methoxy groups -OCH3 is 1. The molecule has 0 bridgehead atoms. The van der Waals surface area contributed by atoms with Crippen LogP contribution in [0.15, 0.2) is 18.2 Å². The van der Waals surface area contributed by atoms with Gasteiger partial charge in [0.2, 0.25) is 0 Å². The van der Waals surface area contributed by atoms with Crippen LogP contribution in [0.25, 0.3) is 11.3 Å². The van der Waals surface area contributed by atoms with Crippen LogP contribution in [0.5, 0.6) is 11.5 Å². The van der Waals surface area contributed by atoms with Gasteiger partial charge in [0.25, 0.3) is 0 Å². The molecule has 9 heteroatoms. The number of phenols is 1. The van der Waals surface area contributed by atoms with Gasteiger partial charge in [0.05, 0.1) is 12.8 Å². The van der Waals surface area contributed by atoms with Crippen molar-refractivity contribution < 1.29 is 32.9 Å². The van der Waals surface area contributed by atoms with Gasteiger partial charge >= 0.3 is 12.1 Å². The van der Waals surface area contributed by atoms with Gasteiger partial charge in [-0.1, -0.05) is 0 Å². The number of nitrogens with zero attached hydrogens (tertiary/aromatic N) is 2. The normalized spacial score (nSPS) is 11.5. The van der Waals surface area contributed by atoms with E-state index in [-0.39, 0.29) is 17.0 Å². The van der Waals surface area contributed by atoms with E-state index in [9.17, 15) is 23.1 Å². The molecule has 6 nitrogen and oxygen atoms in total. The second-order valence-electron chi connectivity index (χ2n) is 4.38. The first-order chi connectivity index (χ1) is 10.2. The van der Waals surface area contributed by atoms with Gasteiger partial charge in [-0.2, -0.15) is 18.3 Å². The molecular formula is C13H11F3N2O4. The predicted octanol–water partition coefficient (Wildman–Crippen LogP) is 2.52. The number of halogens is 3. The highest BCUT2D eigenvalue weighted by Crippen LogP contribution is 2.45. The molecular weight excluding hydrogens is 305 g/mol. The number of hydrogen-bond donors (Lipinski definition) is 2. The zero-order valence-electron chi connectivity index (χ0n) is 11.5. The fourth-order valence-electron chi connectivity index (χ4n) is 2.03. The zero-order chi connectivity index (χ0) is 16.7. The van der Waals surface area contributed by atoms with Gasteiger partial charge in [-0.15, -0.1) is 0 Å². The second-order valence-corrected chi connectivity index (χ2v) is 4.38. The highest BCUT2D eigenvalue weighted by molar-refractivity contribution is 5.87. The maximum absolute atomic E-state index is 12.9.